The molecular weight excluding hydrogens is 384 g/mol. The lowest BCUT2D eigenvalue weighted by molar-refractivity contribution is 0.831. The summed E-state index contributed by atoms with van der Waals surface area (Å²) < 4.78 is 1.58. The summed E-state index contributed by atoms with van der Waals surface area (Å²) in [6, 6.07) is 9.30. The molecule has 20 heavy (non-hydrogen) atoms. The van der Waals surface area contributed by atoms with Crippen molar-refractivity contribution in [1.82, 2.24) is 9.97 Å². The second-order valence-electron chi connectivity index (χ2n) is 4.17. The van der Waals surface area contributed by atoms with E-state index in [1.54, 1.807) is 12.1 Å². The van der Waals surface area contributed by atoms with Crippen LogP contribution in [0.4, 0.5) is 11.5 Å². The summed E-state index contributed by atoms with van der Waals surface area (Å²) in [5.74, 6) is 1.52. The van der Waals surface area contributed by atoms with Gasteiger partial charge in [0.25, 0.3) is 0 Å². The van der Waals surface area contributed by atoms with Crippen molar-refractivity contribution in [2.45, 2.75) is 19.8 Å². The van der Waals surface area contributed by atoms with Crippen LogP contribution in [0.2, 0.25) is 0 Å². The van der Waals surface area contributed by atoms with Crippen LogP contribution in [-0.4, -0.2) is 9.97 Å². The number of aryl methyl sites for hydroxylation is 1. The number of hydrogen-bond donors (Lipinski definition) is 1. The number of hydrogen-bond acceptors (Lipinski definition) is 4. The van der Waals surface area contributed by atoms with Crippen LogP contribution in [0.5, 0.6) is 0 Å². The Labute approximate surface area is 134 Å². The molecule has 1 heterocycles. The van der Waals surface area contributed by atoms with Crippen LogP contribution >= 0.6 is 31.9 Å². The molecule has 0 aliphatic carbocycles. The lowest BCUT2D eigenvalue weighted by atomic mass is 10.2. The number of nitriles is 1. The Kier molecular flexibility index (Phi) is 5.10. The minimum atomic E-state index is 0.609. The first-order valence-corrected chi connectivity index (χ1v) is 7.71. The molecule has 0 bridgehead atoms. The Balaban J connectivity index is 2.28. The molecule has 2 rings (SSSR count). The highest BCUT2D eigenvalue weighted by Gasteiger charge is 2.06. The molecule has 1 aromatic heterocycles. The number of nitrogens with one attached hydrogen (secondary N) is 1. The van der Waals surface area contributed by atoms with E-state index in [0.29, 0.717) is 5.56 Å². The zero-order valence-corrected chi connectivity index (χ0v) is 14.0. The van der Waals surface area contributed by atoms with Crippen LogP contribution in [0.3, 0.4) is 0 Å². The predicted molar refractivity (Wildman–Crippen MR) is 85.9 cm³/mol. The summed E-state index contributed by atoms with van der Waals surface area (Å²) in [5, 5.41) is 12.1. The SMILES string of the molecule is CCCc1nc(Br)cc(Nc2ccc(C#N)cc2Br)n1. The van der Waals surface area contributed by atoms with E-state index < -0.39 is 0 Å². The summed E-state index contributed by atoms with van der Waals surface area (Å²) in [7, 11) is 0. The van der Waals surface area contributed by atoms with Gasteiger partial charge in [-0.2, -0.15) is 5.26 Å². The van der Waals surface area contributed by atoms with Crippen LogP contribution in [0.25, 0.3) is 0 Å². The van der Waals surface area contributed by atoms with Crippen LogP contribution in [-0.2, 0) is 6.42 Å². The van der Waals surface area contributed by atoms with Gasteiger partial charge in [-0.05, 0) is 56.5 Å². The zero-order valence-electron chi connectivity index (χ0n) is 10.8. The normalized spacial score (nSPS) is 10.1. The van der Waals surface area contributed by atoms with Crippen molar-refractivity contribution in [3.63, 3.8) is 0 Å². The fraction of sp³-hybridized carbons (Fsp3) is 0.214. The second-order valence-corrected chi connectivity index (χ2v) is 5.84. The van der Waals surface area contributed by atoms with Gasteiger partial charge in [0.2, 0.25) is 0 Å². The minimum Gasteiger partial charge on any atom is -0.339 e. The van der Waals surface area contributed by atoms with E-state index in [0.717, 1.165) is 39.2 Å². The molecule has 0 spiro atoms. The quantitative estimate of drug-likeness (QED) is 0.770. The second kappa shape index (κ2) is 6.82. The lowest BCUT2D eigenvalue weighted by Crippen LogP contribution is -2.01. The van der Waals surface area contributed by atoms with Crippen molar-refractivity contribution in [1.29, 1.82) is 5.26 Å². The van der Waals surface area contributed by atoms with Gasteiger partial charge in [-0.15, -0.1) is 0 Å². The highest BCUT2D eigenvalue weighted by Crippen LogP contribution is 2.27. The fourth-order valence-corrected chi connectivity index (χ4v) is 2.59. The van der Waals surface area contributed by atoms with Gasteiger partial charge in [-0.1, -0.05) is 6.92 Å². The minimum absolute atomic E-state index is 0.609. The molecule has 0 fully saturated rings. The first-order chi connectivity index (χ1) is 9.62. The van der Waals surface area contributed by atoms with Crippen LogP contribution in [0.1, 0.15) is 24.7 Å². The van der Waals surface area contributed by atoms with Gasteiger partial charge < -0.3 is 5.32 Å². The molecule has 2 aromatic rings. The molecule has 0 atom stereocenters. The molecule has 6 heteroatoms. The third-order valence-electron chi connectivity index (χ3n) is 2.58. The molecule has 0 radical (unpaired) electrons. The van der Waals surface area contributed by atoms with Gasteiger partial charge in [0.1, 0.15) is 16.2 Å². The highest BCUT2D eigenvalue weighted by molar-refractivity contribution is 9.10. The lowest BCUT2D eigenvalue weighted by Gasteiger charge is -2.09. The van der Waals surface area contributed by atoms with Gasteiger partial charge in [0, 0.05) is 17.0 Å². The standard InChI is InChI=1S/C14H12Br2N4/c1-2-3-13-19-12(16)7-14(20-13)18-11-5-4-9(8-17)6-10(11)15/h4-7H,2-3H2,1H3,(H,18,19,20). The van der Waals surface area contributed by atoms with E-state index in [2.05, 4.69) is 60.1 Å². The monoisotopic (exact) mass is 394 g/mol. The zero-order chi connectivity index (χ0) is 14.5. The van der Waals surface area contributed by atoms with Crippen molar-refractivity contribution in [2.24, 2.45) is 0 Å². The van der Waals surface area contributed by atoms with Crippen molar-refractivity contribution in [3.05, 3.63) is 44.7 Å². The molecular formula is C14H12Br2N4. The van der Waals surface area contributed by atoms with E-state index in [4.69, 9.17) is 5.26 Å². The Morgan fingerprint density at radius 2 is 2.05 bits per heavy atom. The van der Waals surface area contributed by atoms with Crippen molar-refractivity contribution in [2.75, 3.05) is 5.32 Å². The molecule has 1 aromatic carbocycles. The van der Waals surface area contributed by atoms with Gasteiger partial charge in [0.15, 0.2) is 0 Å². The Morgan fingerprint density at radius 1 is 1.25 bits per heavy atom. The first-order valence-electron chi connectivity index (χ1n) is 6.12. The van der Waals surface area contributed by atoms with E-state index in [9.17, 15) is 0 Å². The molecule has 0 saturated carbocycles. The maximum absolute atomic E-state index is 8.86. The maximum atomic E-state index is 8.86. The van der Waals surface area contributed by atoms with E-state index in [-0.39, 0.29) is 0 Å². The third kappa shape index (κ3) is 3.78. The van der Waals surface area contributed by atoms with E-state index in [1.807, 2.05) is 12.1 Å². The number of anilines is 2. The summed E-state index contributed by atoms with van der Waals surface area (Å²) >= 11 is 6.84. The predicted octanol–water partition coefficient (Wildman–Crippen LogP) is 4.57. The van der Waals surface area contributed by atoms with Crippen molar-refractivity contribution >= 4 is 43.4 Å². The number of rotatable bonds is 4. The molecule has 0 unspecified atom stereocenters. The molecule has 102 valence electrons. The number of halogens is 2. The smallest absolute Gasteiger partial charge is 0.135 e. The topological polar surface area (TPSA) is 61.6 Å². The van der Waals surface area contributed by atoms with Crippen LogP contribution in [0, 0.1) is 11.3 Å². The number of aromatic nitrogens is 2. The van der Waals surface area contributed by atoms with E-state index >= 15 is 0 Å². The molecule has 0 aliphatic heterocycles. The third-order valence-corrected chi connectivity index (χ3v) is 3.64. The number of benzene rings is 1. The maximum Gasteiger partial charge on any atom is 0.135 e. The average molecular weight is 396 g/mol. The highest BCUT2D eigenvalue weighted by atomic mass is 79.9. The van der Waals surface area contributed by atoms with Crippen molar-refractivity contribution < 1.29 is 0 Å². The van der Waals surface area contributed by atoms with Gasteiger partial charge in [0.05, 0.1) is 17.3 Å². The largest absolute Gasteiger partial charge is 0.339 e. The van der Waals surface area contributed by atoms with Gasteiger partial charge in [-0.25, -0.2) is 9.97 Å². The van der Waals surface area contributed by atoms with Crippen LogP contribution in [0.15, 0.2) is 33.3 Å². The number of nitrogens with zero attached hydrogens (tertiary/aromatic N) is 3. The molecule has 4 nitrogen and oxygen atoms in total. The van der Waals surface area contributed by atoms with Gasteiger partial charge >= 0.3 is 0 Å². The van der Waals surface area contributed by atoms with E-state index in [1.165, 1.54) is 0 Å². The molecule has 0 amide bonds. The summed E-state index contributed by atoms with van der Waals surface area (Å²) in [4.78, 5) is 8.79. The summed E-state index contributed by atoms with van der Waals surface area (Å²) in [6.45, 7) is 2.09. The summed E-state index contributed by atoms with van der Waals surface area (Å²) in [5.41, 5.74) is 1.47. The molecule has 0 aliphatic rings. The molecule has 0 saturated heterocycles. The van der Waals surface area contributed by atoms with Crippen molar-refractivity contribution in [3.8, 4) is 6.07 Å². The average Bonchev–Trinajstić information content (AvgIpc) is 2.41. The van der Waals surface area contributed by atoms with Gasteiger partial charge in [-0.3, -0.25) is 0 Å². The molecule has 1 N–H and O–H groups in total. The Morgan fingerprint density at radius 3 is 2.70 bits per heavy atom. The Bertz CT molecular complexity index is 665. The Hall–Kier alpha value is -1.45. The summed E-state index contributed by atoms with van der Waals surface area (Å²) in [6.07, 6.45) is 1.83. The first kappa shape index (κ1) is 14.9. The fourth-order valence-electron chi connectivity index (χ4n) is 1.69. The van der Waals surface area contributed by atoms with Crippen LogP contribution < -0.4 is 5.32 Å².